The van der Waals surface area contributed by atoms with Crippen LogP contribution in [0, 0.1) is 5.82 Å². The maximum absolute atomic E-state index is 13.5. The normalized spacial score (nSPS) is 10.3. The van der Waals surface area contributed by atoms with Crippen LogP contribution in [0.4, 0.5) is 15.9 Å². The van der Waals surface area contributed by atoms with Crippen molar-refractivity contribution in [2.75, 3.05) is 5.32 Å². The molecule has 0 saturated heterocycles. The Hall–Kier alpha value is -1.40. The quantitative estimate of drug-likeness (QED) is 0.832. The molecule has 2 N–H and O–H groups in total. The molecule has 0 atom stereocenters. The number of benzene rings is 1. The van der Waals surface area contributed by atoms with Crippen LogP contribution < -0.4 is 5.32 Å². The summed E-state index contributed by atoms with van der Waals surface area (Å²) in [5, 5.41) is 12.1. The molecular formula is C10H6BrClFN3O. The van der Waals surface area contributed by atoms with E-state index in [1.807, 2.05) is 0 Å². The molecule has 17 heavy (non-hydrogen) atoms. The number of aromatic hydroxyl groups is 1. The molecule has 0 fully saturated rings. The molecule has 0 unspecified atom stereocenters. The van der Waals surface area contributed by atoms with E-state index < -0.39 is 5.82 Å². The van der Waals surface area contributed by atoms with Gasteiger partial charge in [0.05, 0.1) is 11.9 Å². The van der Waals surface area contributed by atoms with Gasteiger partial charge in [-0.15, -0.1) is 0 Å². The summed E-state index contributed by atoms with van der Waals surface area (Å²) in [7, 11) is 0. The summed E-state index contributed by atoms with van der Waals surface area (Å²) in [5.74, 6) is -0.642. The first-order valence-electron chi connectivity index (χ1n) is 4.50. The molecule has 0 radical (unpaired) electrons. The van der Waals surface area contributed by atoms with Crippen LogP contribution >= 0.6 is 27.5 Å². The smallest absolute Gasteiger partial charge is 0.224 e. The van der Waals surface area contributed by atoms with Crippen molar-refractivity contribution in [3.63, 3.8) is 0 Å². The average molecular weight is 319 g/mol. The van der Waals surface area contributed by atoms with Gasteiger partial charge < -0.3 is 10.4 Å². The van der Waals surface area contributed by atoms with E-state index in [2.05, 4.69) is 31.2 Å². The first-order valence-corrected chi connectivity index (χ1v) is 5.67. The molecule has 0 spiro atoms. The van der Waals surface area contributed by atoms with Crippen molar-refractivity contribution in [3.05, 3.63) is 40.0 Å². The minimum atomic E-state index is -0.478. The third-order valence-corrected chi connectivity index (χ3v) is 2.60. The van der Waals surface area contributed by atoms with Crippen LogP contribution in [0.15, 0.2) is 28.9 Å². The largest absolute Gasteiger partial charge is 0.503 e. The van der Waals surface area contributed by atoms with Crippen LogP contribution in [-0.2, 0) is 0 Å². The molecule has 0 amide bonds. The second-order valence-electron chi connectivity index (χ2n) is 3.12. The highest BCUT2D eigenvalue weighted by Crippen LogP contribution is 2.27. The number of hydrogen-bond donors (Lipinski definition) is 2. The topological polar surface area (TPSA) is 58.0 Å². The van der Waals surface area contributed by atoms with Crippen molar-refractivity contribution < 1.29 is 9.50 Å². The van der Waals surface area contributed by atoms with Gasteiger partial charge in [-0.05, 0) is 29.8 Å². The molecule has 1 aromatic carbocycles. The Morgan fingerprint density at radius 2 is 2.18 bits per heavy atom. The van der Waals surface area contributed by atoms with Gasteiger partial charge in [0.2, 0.25) is 5.28 Å². The highest BCUT2D eigenvalue weighted by Gasteiger charge is 2.08. The van der Waals surface area contributed by atoms with E-state index in [9.17, 15) is 9.50 Å². The minimum Gasteiger partial charge on any atom is -0.503 e. The lowest BCUT2D eigenvalue weighted by Gasteiger charge is -2.08. The lowest BCUT2D eigenvalue weighted by Crippen LogP contribution is -1.97. The molecule has 0 saturated carbocycles. The lowest BCUT2D eigenvalue weighted by atomic mass is 10.3. The summed E-state index contributed by atoms with van der Waals surface area (Å²) >= 11 is 8.72. The number of nitrogens with one attached hydrogen (secondary N) is 1. The molecule has 2 rings (SSSR count). The highest BCUT2D eigenvalue weighted by molar-refractivity contribution is 9.10. The minimum absolute atomic E-state index is 0.0391. The highest BCUT2D eigenvalue weighted by atomic mass is 79.9. The predicted octanol–water partition coefficient (Wildman–Crippen LogP) is 3.48. The van der Waals surface area contributed by atoms with E-state index >= 15 is 0 Å². The van der Waals surface area contributed by atoms with Crippen LogP contribution in [0.1, 0.15) is 0 Å². The molecule has 1 aromatic heterocycles. The average Bonchev–Trinajstić information content (AvgIpc) is 2.27. The van der Waals surface area contributed by atoms with Crippen molar-refractivity contribution in [3.8, 4) is 5.75 Å². The summed E-state index contributed by atoms with van der Waals surface area (Å²) in [6.45, 7) is 0. The van der Waals surface area contributed by atoms with Gasteiger partial charge in [0.1, 0.15) is 5.82 Å². The molecule has 2 aromatic rings. The zero-order chi connectivity index (χ0) is 12.4. The maximum Gasteiger partial charge on any atom is 0.224 e. The standard InChI is InChI=1S/C10H6BrClFN3O/c11-5-1-2-7(6(13)3-5)15-9-8(17)4-14-10(12)16-9/h1-4,17H,(H,14,15,16). The van der Waals surface area contributed by atoms with Crippen LogP contribution in [0.3, 0.4) is 0 Å². The van der Waals surface area contributed by atoms with E-state index in [1.54, 1.807) is 6.07 Å². The molecule has 88 valence electrons. The third kappa shape index (κ3) is 2.83. The number of nitrogens with zero attached hydrogens (tertiary/aromatic N) is 2. The van der Waals surface area contributed by atoms with E-state index in [-0.39, 0.29) is 22.5 Å². The molecule has 1 heterocycles. The third-order valence-electron chi connectivity index (χ3n) is 1.92. The van der Waals surface area contributed by atoms with Gasteiger partial charge in [0, 0.05) is 4.47 Å². The van der Waals surface area contributed by atoms with Crippen LogP contribution in [0.5, 0.6) is 5.75 Å². The summed E-state index contributed by atoms with van der Waals surface area (Å²) in [6, 6.07) is 4.46. The molecule has 0 bridgehead atoms. The molecule has 7 heteroatoms. The van der Waals surface area contributed by atoms with Crippen molar-refractivity contribution >= 4 is 39.0 Å². The molecule has 0 aliphatic carbocycles. The Kier molecular flexibility index (Phi) is 3.44. The van der Waals surface area contributed by atoms with Crippen LogP contribution in [0.2, 0.25) is 5.28 Å². The van der Waals surface area contributed by atoms with Gasteiger partial charge in [-0.3, -0.25) is 0 Å². The summed E-state index contributed by atoms with van der Waals surface area (Å²) in [4.78, 5) is 7.33. The van der Waals surface area contributed by atoms with Gasteiger partial charge in [-0.25, -0.2) is 9.37 Å². The number of rotatable bonds is 2. The van der Waals surface area contributed by atoms with Crippen LogP contribution in [-0.4, -0.2) is 15.1 Å². The number of aromatic nitrogens is 2. The number of anilines is 2. The van der Waals surface area contributed by atoms with Crippen molar-refractivity contribution in [2.24, 2.45) is 0 Å². The van der Waals surface area contributed by atoms with E-state index in [4.69, 9.17) is 11.6 Å². The maximum atomic E-state index is 13.5. The molecular weight excluding hydrogens is 312 g/mol. The van der Waals surface area contributed by atoms with Crippen LogP contribution in [0.25, 0.3) is 0 Å². The fourth-order valence-electron chi connectivity index (χ4n) is 1.16. The predicted molar refractivity (Wildman–Crippen MR) is 66.1 cm³/mol. The zero-order valence-electron chi connectivity index (χ0n) is 8.28. The monoisotopic (exact) mass is 317 g/mol. The summed E-state index contributed by atoms with van der Waals surface area (Å²) in [5.41, 5.74) is 0.179. The van der Waals surface area contributed by atoms with Gasteiger partial charge in [0.25, 0.3) is 0 Å². The molecule has 0 aliphatic heterocycles. The SMILES string of the molecule is Oc1cnc(Cl)nc1Nc1ccc(Br)cc1F. The Bertz CT molecular complexity index is 567. The molecule has 4 nitrogen and oxygen atoms in total. The van der Waals surface area contributed by atoms with Gasteiger partial charge >= 0.3 is 0 Å². The lowest BCUT2D eigenvalue weighted by molar-refractivity contribution is 0.472. The number of halogens is 3. The van der Waals surface area contributed by atoms with E-state index in [0.717, 1.165) is 6.20 Å². The van der Waals surface area contributed by atoms with Gasteiger partial charge in [-0.1, -0.05) is 15.9 Å². The number of hydrogen-bond acceptors (Lipinski definition) is 4. The van der Waals surface area contributed by atoms with Gasteiger partial charge in [-0.2, -0.15) is 4.98 Å². The van der Waals surface area contributed by atoms with Crippen molar-refractivity contribution in [2.45, 2.75) is 0 Å². The van der Waals surface area contributed by atoms with Gasteiger partial charge in [0.15, 0.2) is 11.6 Å². The second kappa shape index (κ2) is 4.85. The summed E-state index contributed by atoms with van der Waals surface area (Å²) < 4.78 is 14.1. The summed E-state index contributed by atoms with van der Waals surface area (Å²) in [6.07, 6.45) is 1.13. The first-order chi connectivity index (χ1) is 8.06. The Balaban J connectivity index is 2.34. The Labute approximate surface area is 110 Å². The Morgan fingerprint density at radius 3 is 2.88 bits per heavy atom. The first kappa shape index (κ1) is 12.1. The van der Waals surface area contributed by atoms with Crippen molar-refractivity contribution in [1.82, 2.24) is 9.97 Å². The fourth-order valence-corrected chi connectivity index (χ4v) is 1.63. The second-order valence-corrected chi connectivity index (χ2v) is 4.38. The van der Waals surface area contributed by atoms with E-state index in [1.165, 1.54) is 12.1 Å². The fraction of sp³-hybridized carbons (Fsp3) is 0. The van der Waals surface area contributed by atoms with E-state index in [0.29, 0.717) is 4.47 Å². The van der Waals surface area contributed by atoms with Crippen molar-refractivity contribution in [1.29, 1.82) is 0 Å². The Morgan fingerprint density at radius 1 is 1.41 bits per heavy atom. The molecule has 0 aliphatic rings. The zero-order valence-corrected chi connectivity index (χ0v) is 10.6.